The highest BCUT2D eigenvalue weighted by molar-refractivity contribution is 9.10. The minimum atomic E-state index is 0.706. The summed E-state index contributed by atoms with van der Waals surface area (Å²) in [5, 5.41) is 4.08. The summed E-state index contributed by atoms with van der Waals surface area (Å²) in [7, 11) is 1.65. The maximum atomic E-state index is 5.92. The van der Waals surface area contributed by atoms with Gasteiger partial charge in [-0.25, -0.2) is 0 Å². The standard InChI is InChI=1S/C14H12Br2ClNO/c1-19-13-5-10(15)4-12(7-13)18-8-9-2-3-11(17)6-14(9)16/h2-7,18H,8H2,1H3. The summed E-state index contributed by atoms with van der Waals surface area (Å²) in [6.07, 6.45) is 0. The van der Waals surface area contributed by atoms with E-state index in [1.807, 2.05) is 36.4 Å². The van der Waals surface area contributed by atoms with Crippen LogP contribution < -0.4 is 10.1 Å². The van der Waals surface area contributed by atoms with Gasteiger partial charge in [-0.15, -0.1) is 0 Å². The van der Waals surface area contributed by atoms with E-state index in [1.165, 1.54) is 0 Å². The lowest BCUT2D eigenvalue weighted by Crippen LogP contribution is -2.00. The third-order valence-corrected chi connectivity index (χ3v) is 4.04. The largest absolute Gasteiger partial charge is 0.497 e. The summed E-state index contributed by atoms with van der Waals surface area (Å²) in [5.41, 5.74) is 2.14. The van der Waals surface area contributed by atoms with Crippen molar-refractivity contribution in [1.29, 1.82) is 0 Å². The first-order chi connectivity index (χ1) is 9.08. The van der Waals surface area contributed by atoms with E-state index in [9.17, 15) is 0 Å². The van der Waals surface area contributed by atoms with E-state index in [4.69, 9.17) is 16.3 Å². The zero-order valence-electron chi connectivity index (χ0n) is 10.2. The van der Waals surface area contributed by atoms with Gasteiger partial charge in [0.25, 0.3) is 0 Å². The van der Waals surface area contributed by atoms with E-state index in [0.717, 1.165) is 31.0 Å². The molecule has 0 aromatic heterocycles. The number of rotatable bonds is 4. The fraction of sp³-hybridized carbons (Fsp3) is 0.143. The quantitative estimate of drug-likeness (QED) is 0.727. The van der Waals surface area contributed by atoms with Crippen molar-refractivity contribution in [2.24, 2.45) is 0 Å². The van der Waals surface area contributed by atoms with Gasteiger partial charge in [-0.1, -0.05) is 49.5 Å². The predicted molar refractivity (Wildman–Crippen MR) is 87.2 cm³/mol. The van der Waals surface area contributed by atoms with Crippen LogP contribution in [0.2, 0.25) is 5.02 Å². The van der Waals surface area contributed by atoms with Gasteiger partial charge in [0, 0.05) is 32.3 Å². The van der Waals surface area contributed by atoms with E-state index in [0.29, 0.717) is 6.54 Å². The average molecular weight is 406 g/mol. The fourth-order valence-corrected chi connectivity index (χ4v) is 2.94. The lowest BCUT2D eigenvalue weighted by atomic mass is 10.2. The highest BCUT2D eigenvalue weighted by atomic mass is 79.9. The first-order valence-corrected chi connectivity index (χ1v) is 7.57. The Hall–Kier alpha value is -0.710. The Morgan fingerprint density at radius 1 is 1.16 bits per heavy atom. The first-order valence-electron chi connectivity index (χ1n) is 5.61. The molecule has 1 N–H and O–H groups in total. The Morgan fingerprint density at radius 3 is 2.63 bits per heavy atom. The van der Waals surface area contributed by atoms with Crippen LogP contribution in [0.1, 0.15) is 5.56 Å². The molecule has 100 valence electrons. The fourth-order valence-electron chi connectivity index (χ4n) is 1.64. The van der Waals surface area contributed by atoms with Crippen LogP contribution in [0.5, 0.6) is 5.75 Å². The minimum Gasteiger partial charge on any atom is -0.497 e. The van der Waals surface area contributed by atoms with Crippen LogP contribution in [0.3, 0.4) is 0 Å². The number of nitrogens with one attached hydrogen (secondary N) is 1. The van der Waals surface area contributed by atoms with E-state index in [1.54, 1.807) is 7.11 Å². The summed E-state index contributed by atoms with van der Waals surface area (Å²) >= 11 is 12.9. The molecule has 19 heavy (non-hydrogen) atoms. The van der Waals surface area contributed by atoms with Gasteiger partial charge in [0.15, 0.2) is 0 Å². The van der Waals surface area contributed by atoms with Gasteiger partial charge in [0.05, 0.1) is 7.11 Å². The Labute approximate surface area is 134 Å². The van der Waals surface area contributed by atoms with E-state index < -0.39 is 0 Å². The summed E-state index contributed by atoms with van der Waals surface area (Å²) in [6.45, 7) is 0.706. The topological polar surface area (TPSA) is 21.3 Å². The van der Waals surface area contributed by atoms with Crippen molar-refractivity contribution in [1.82, 2.24) is 0 Å². The highest BCUT2D eigenvalue weighted by Gasteiger charge is 2.03. The molecule has 0 unspecified atom stereocenters. The predicted octanol–water partition coefficient (Wildman–Crippen LogP) is 5.49. The molecule has 2 aromatic carbocycles. The van der Waals surface area contributed by atoms with Gasteiger partial charge >= 0.3 is 0 Å². The SMILES string of the molecule is COc1cc(Br)cc(NCc2ccc(Cl)cc2Br)c1. The number of benzene rings is 2. The zero-order valence-corrected chi connectivity index (χ0v) is 14.1. The van der Waals surface area contributed by atoms with E-state index >= 15 is 0 Å². The first kappa shape index (κ1) is 14.7. The van der Waals surface area contributed by atoms with Gasteiger partial charge in [-0.05, 0) is 29.8 Å². The monoisotopic (exact) mass is 403 g/mol. The molecular weight excluding hydrogens is 393 g/mol. The van der Waals surface area contributed by atoms with Crippen molar-refractivity contribution in [2.45, 2.75) is 6.54 Å². The van der Waals surface area contributed by atoms with Crippen molar-refractivity contribution in [3.05, 3.63) is 55.9 Å². The number of hydrogen-bond donors (Lipinski definition) is 1. The molecule has 0 bridgehead atoms. The molecule has 0 fully saturated rings. The molecule has 0 spiro atoms. The zero-order chi connectivity index (χ0) is 13.8. The summed E-state index contributed by atoms with van der Waals surface area (Å²) in [6, 6.07) is 11.6. The van der Waals surface area contributed by atoms with Crippen molar-refractivity contribution in [3.8, 4) is 5.75 Å². The van der Waals surface area contributed by atoms with Crippen molar-refractivity contribution < 1.29 is 4.74 Å². The summed E-state index contributed by atoms with van der Waals surface area (Å²) in [4.78, 5) is 0. The lowest BCUT2D eigenvalue weighted by molar-refractivity contribution is 0.414. The Kier molecular flexibility index (Phi) is 5.13. The molecule has 0 atom stereocenters. The van der Waals surface area contributed by atoms with Crippen molar-refractivity contribution >= 4 is 49.1 Å². The smallest absolute Gasteiger partial charge is 0.122 e. The van der Waals surface area contributed by atoms with E-state index in [-0.39, 0.29) is 0 Å². The Bertz CT molecular complexity index is 590. The third kappa shape index (κ3) is 4.13. The number of halogens is 3. The van der Waals surface area contributed by atoms with Crippen molar-refractivity contribution in [2.75, 3.05) is 12.4 Å². The van der Waals surface area contributed by atoms with Crippen molar-refractivity contribution in [3.63, 3.8) is 0 Å². The second kappa shape index (κ2) is 6.64. The lowest BCUT2D eigenvalue weighted by Gasteiger charge is -2.10. The van der Waals surface area contributed by atoms with Gasteiger partial charge in [-0.3, -0.25) is 0 Å². The van der Waals surface area contributed by atoms with Crippen LogP contribution in [-0.2, 0) is 6.54 Å². The van der Waals surface area contributed by atoms with Crippen LogP contribution in [0.15, 0.2) is 45.3 Å². The average Bonchev–Trinajstić information content (AvgIpc) is 2.37. The van der Waals surface area contributed by atoms with Crippen LogP contribution in [0, 0.1) is 0 Å². The molecule has 0 aliphatic carbocycles. The number of anilines is 1. The molecular formula is C14H12Br2ClNO. The van der Waals surface area contributed by atoms with Gasteiger partial charge < -0.3 is 10.1 Å². The van der Waals surface area contributed by atoms with Gasteiger partial charge in [0.2, 0.25) is 0 Å². The number of methoxy groups -OCH3 is 1. The summed E-state index contributed by atoms with van der Waals surface area (Å²) in [5.74, 6) is 0.812. The van der Waals surface area contributed by atoms with Crippen LogP contribution >= 0.6 is 43.5 Å². The second-order valence-corrected chi connectivity index (χ2v) is 6.18. The molecule has 2 rings (SSSR count). The Morgan fingerprint density at radius 2 is 1.95 bits per heavy atom. The summed E-state index contributed by atoms with van der Waals surface area (Å²) < 4.78 is 7.20. The maximum Gasteiger partial charge on any atom is 0.122 e. The molecule has 0 aliphatic rings. The molecule has 5 heteroatoms. The molecule has 2 aromatic rings. The molecule has 0 aliphatic heterocycles. The third-order valence-electron chi connectivity index (χ3n) is 2.61. The van der Waals surface area contributed by atoms with Crippen LogP contribution in [0.25, 0.3) is 0 Å². The molecule has 0 radical (unpaired) electrons. The highest BCUT2D eigenvalue weighted by Crippen LogP contribution is 2.26. The number of ether oxygens (including phenoxy) is 1. The molecule has 2 nitrogen and oxygen atoms in total. The maximum absolute atomic E-state index is 5.92. The van der Waals surface area contributed by atoms with Crippen LogP contribution in [0.4, 0.5) is 5.69 Å². The van der Waals surface area contributed by atoms with Gasteiger partial charge in [-0.2, -0.15) is 0 Å². The molecule has 0 amide bonds. The van der Waals surface area contributed by atoms with Crippen LogP contribution in [-0.4, -0.2) is 7.11 Å². The molecule has 0 saturated carbocycles. The molecule has 0 saturated heterocycles. The second-order valence-electron chi connectivity index (χ2n) is 3.97. The van der Waals surface area contributed by atoms with Gasteiger partial charge in [0.1, 0.15) is 5.75 Å². The minimum absolute atomic E-state index is 0.706. The van der Waals surface area contributed by atoms with E-state index in [2.05, 4.69) is 37.2 Å². The number of hydrogen-bond acceptors (Lipinski definition) is 2. The molecule has 0 heterocycles. The Balaban J connectivity index is 2.12. The normalized spacial score (nSPS) is 10.3.